The lowest BCUT2D eigenvalue weighted by molar-refractivity contribution is 0.669. The predicted octanol–water partition coefficient (Wildman–Crippen LogP) is 12.5. The average Bonchev–Trinajstić information content (AvgIpc) is 3.54. The standard InChI is InChI=1S/C46H32N2O/c1-29-10-6-7-13-36(29)38-26-34(18-17-30(38)2)35-23-24-43-40(27-35)45-37(14-8-16-44(45)49-43)31-19-21-32(22-20-31)39-28-42(33-11-4-3-5-12-33)48-41-15-9-25-47-46(39)41/h3-28H,1-2H3. The number of pyridine rings is 2. The van der Waals surface area contributed by atoms with Crippen molar-refractivity contribution in [2.45, 2.75) is 13.8 Å². The fourth-order valence-electron chi connectivity index (χ4n) is 7.08. The number of furan rings is 1. The summed E-state index contributed by atoms with van der Waals surface area (Å²) in [6.07, 6.45) is 1.84. The lowest BCUT2D eigenvalue weighted by atomic mass is 9.92. The summed E-state index contributed by atoms with van der Waals surface area (Å²) in [4.78, 5) is 9.67. The first-order chi connectivity index (χ1) is 24.1. The van der Waals surface area contributed by atoms with Crippen LogP contribution in [0.25, 0.3) is 88.7 Å². The van der Waals surface area contributed by atoms with Crippen molar-refractivity contribution in [2.75, 3.05) is 0 Å². The molecule has 0 saturated carbocycles. The number of aryl methyl sites for hydroxylation is 2. The van der Waals surface area contributed by atoms with Gasteiger partial charge in [0.15, 0.2) is 0 Å². The monoisotopic (exact) mass is 628 g/mol. The molecule has 0 atom stereocenters. The zero-order valence-electron chi connectivity index (χ0n) is 27.3. The summed E-state index contributed by atoms with van der Waals surface area (Å²) in [7, 11) is 0. The molecule has 3 nitrogen and oxygen atoms in total. The van der Waals surface area contributed by atoms with Crippen molar-refractivity contribution in [3.8, 4) is 55.8 Å². The fraction of sp³-hybridized carbons (Fsp3) is 0.0435. The normalized spacial score (nSPS) is 11.5. The summed E-state index contributed by atoms with van der Waals surface area (Å²) in [5.74, 6) is 0. The van der Waals surface area contributed by atoms with Gasteiger partial charge >= 0.3 is 0 Å². The summed E-state index contributed by atoms with van der Waals surface area (Å²) in [6, 6.07) is 53.5. The number of benzene rings is 6. The Labute approximate surface area is 285 Å². The first-order valence-corrected chi connectivity index (χ1v) is 16.6. The van der Waals surface area contributed by atoms with Crippen molar-refractivity contribution >= 4 is 33.0 Å². The number of nitrogens with zero attached hydrogens (tertiary/aromatic N) is 2. The van der Waals surface area contributed by atoms with Crippen molar-refractivity contribution < 1.29 is 4.42 Å². The van der Waals surface area contributed by atoms with Crippen LogP contribution >= 0.6 is 0 Å². The third-order valence-corrected chi connectivity index (χ3v) is 9.64. The van der Waals surface area contributed by atoms with Crippen LogP contribution in [0.15, 0.2) is 162 Å². The van der Waals surface area contributed by atoms with E-state index in [1.54, 1.807) is 0 Å². The highest BCUT2D eigenvalue weighted by Gasteiger charge is 2.16. The second-order valence-corrected chi connectivity index (χ2v) is 12.7. The van der Waals surface area contributed by atoms with Gasteiger partial charge in [-0.15, -0.1) is 0 Å². The Morgan fingerprint density at radius 1 is 0.449 bits per heavy atom. The van der Waals surface area contributed by atoms with Crippen molar-refractivity contribution in [2.24, 2.45) is 0 Å². The van der Waals surface area contributed by atoms with E-state index in [-0.39, 0.29) is 0 Å². The van der Waals surface area contributed by atoms with Gasteiger partial charge in [0.05, 0.1) is 16.7 Å². The van der Waals surface area contributed by atoms with E-state index in [2.05, 4.69) is 135 Å². The molecule has 3 aromatic heterocycles. The van der Waals surface area contributed by atoms with Crippen LogP contribution in [-0.2, 0) is 0 Å². The summed E-state index contributed by atoms with van der Waals surface area (Å²) in [6.45, 7) is 4.36. The molecule has 0 amide bonds. The Hall–Kier alpha value is -6.32. The van der Waals surface area contributed by atoms with Gasteiger partial charge in [0.25, 0.3) is 0 Å². The molecule has 9 aromatic rings. The van der Waals surface area contributed by atoms with E-state index >= 15 is 0 Å². The van der Waals surface area contributed by atoms with E-state index < -0.39 is 0 Å². The van der Waals surface area contributed by atoms with Gasteiger partial charge < -0.3 is 4.42 Å². The molecular formula is C46H32N2O. The smallest absolute Gasteiger partial charge is 0.136 e. The van der Waals surface area contributed by atoms with Gasteiger partial charge in [0.1, 0.15) is 11.2 Å². The van der Waals surface area contributed by atoms with Gasteiger partial charge in [-0.3, -0.25) is 4.98 Å². The second-order valence-electron chi connectivity index (χ2n) is 12.7. The first-order valence-electron chi connectivity index (χ1n) is 16.6. The third-order valence-electron chi connectivity index (χ3n) is 9.64. The molecule has 0 unspecified atom stereocenters. The largest absolute Gasteiger partial charge is 0.456 e. The molecule has 232 valence electrons. The van der Waals surface area contributed by atoms with Crippen LogP contribution in [0.4, 0.5) is 0 Å². The lowest BCUT2D eigenvalue weighted by Gasteiger charge is -2.12. The Balaban J connectivity index is 1.14. The van der Waals surface area contributed by atoms with Crippen LogP contribution in [0.1, 0.15) is 11.1 Å². The van der Waals surface area contributed by atoms with E-state index in [1.165, 1.54) is 33.4 Å². The molecule has 3 heterocycles. The highest BCUT2D eigenvalue weighted by molar-refractivity contribution is 6.13. The molecule has 49 heavy (non-hydrogen) atoms. The zero-order chi connectivity index (χ0) is 32.9. The maximum absolute atomic E-state index is 6.41. The predicted molar refractivity (Wildman–Crippen MR) is 203 cm³/mol. The molecule has 9 rings (SSSR count). The quantitative estimate of drug-likeness (QED) is 0.190. The third kappa shape index (κ3) is 5.08. The Morgan fingerprint density at radius 3 is 1.98 bits per heavy atom. The lowest BCUT2D eigenvalue weighted by Crippen LogP contribution is -1.92. The van der Waals surface area contributed by atoms with Crippen molar-refractivity contribution in [3.05, 3.63) is 169 Å². The second kappa shape index (κ2) is 11.7. The Bertz CT molecular complexity index is 2670. The number of hydrogen-bond donors (Lipinski definition) is 0. The summed E-state index contributed by atoms with van der Waals surface area (Å²) in [5.41, 5.74) is 17.5. The van der Waals surface area contributed by atoms with E-state index in [9.17, 15) is 0 Å². The van der Waals surface area contributed by atoms with Gasteiger partial charge in [-0.25, -0.2) is 4.98 Å². The number of rotatable bonds is 5. The van der Waals surface area contributed by atoms with Gasteiger partial charge in [-0.05, 0) is 106 Å². The molecule has 0 radical (unpaired) electrons. The van der Waals surface area contributed by atoms with Gasteiger partial charge in [-0.2, -0.15) is 0 Å². The number of fused-ring (bicyclic) bond motifs is 4. The summed E-state index contributed by atoms with van der Waals surface area (Å²) in [5, 5.41) is 2.24. The number of hydrogen-bond acceptors (Lipinski definition) is 3. The van der Waals surface area contributed by atoms with Crippen molar-refractivity contribution in [3.63, 3.8) is 0 Å². The van der Waals surface area contributed by atoms with Crippen molar-refractivity contribution in [1.82, 2.24) is 9.97 Å². The van der Waals surface area contributed by atoms with E-state index in [4.69, 9.17) is 14.4 Å². The molecule has 6 aromatic carbocycles. The van der Waals surface area contributed by atoms with Crippen LogP contribution in [-0.4, -0.2) is 9.97 Å². The highest BCUT2D eigenvalue weighted by atomic mass is 16.3. The van der Waals surface area contributed by atoms with E-state index in [0.29, 0.717) is 0 Å². The topological polar surface area (TPSA) is 38.9 Å². The fourth-order valence-corrected chi connectivity index (χ4v) is 7.08. The Kier molecular flexibility index (Phi) is 6.91. The van der Waals surface area contributed by atoms with Gasteiger partial charge in [0, 0.05) is 28.1 Å². The van der Waals surface area contributed by atoms with Crippen LogP contribution in [0.2, 0.25) is 0 Å². The van der Waals surface area contributed by atoms with Gasteiger partial charge in [-0.1, -0.05) is 109 Å². The maximum atomic E-state index is 6.41. The van der Waals surface area contributed by atoms with E-state index in [0.717, 1.165) is 66.5 Å². The van der Waals surface area contributed by atoms with Crippen LogP contribution in [0, 0.1) is 13.8 Å². The molecule has 3 heteroatoms. The molecule has 0 bridgehead atoms. The molecule has 0 aliphatic heterocycles. The zero-order valence-corrected chi connectivity index (χ0v) is 27.3. The maximum Gasteiger partial charge on any atom is 0.136 e. The molecular weight excluding hydrogens is 597 g/mol. The molecule has 0 aliphatic carbocycles. The average molecular weight is 629 g/mol. The van der Waals surface area contributed by atoms with Crippen molar-refractivity contribution in [1.29, 1.82) is 0 Å². The van der Waals surface area contributed by atoms with E-state index in [1.807, 2.05) is 36.5 Å². The minimum Gasteiger partial charge on any atom is -0.456 e. The molecule has 0 aliphatic rings. The van der Waals surface area contributed by atoms with Crippen LogP contribution in [0.5, 0.6) is 0 Å². The molecule has 0 saturated heterocycles. The summed E-state index contributed by atoms with van der Waals surface area (Å²) >= 11 is 0. The van der Waals surface area contributed by atoms with Crippen LogP contribution in [0.3, 0.4) is 0 Å². The highest BCUT2D eigenvalue weighted by Crippen LogP contribution is 2.40. The molecule has 0 spiro atoms. The SMILES string of the molecule is Cc1ccccc1-c1cc(-c2ccc3oc4cccc(-c5ccc(-c6cc(-c7ccccc7)nc7cccnc67)cc5)c4c3c2)ccc1C. The van der Waals surface area contributed by atoms with Gasteiger partial charge in [0.2, 0.25) is 0 Å². The molecule has 0 N–H and O–H groups in total. The number of aromatic nitrogens is 2. The summed E-state index contributed by atoms with van der Waals surface area (Å²) < 4.78 is 6.41. The minimum atomic E-state index is 0.882. The minimum absolute atomic E-state index is 0.882. The van der Waals surface area contributed by atoms with Crippen LogP contribution < -0.4 is 0 Å². The first kappa shape index (κ1) is 28.9. The molecule has 0 fully saturated rings. The Morgan fingerprint density at radius 2 is 1.14 bits per heavy atom.